The number of amides is 2. The molecule has 2 rings (SSSR count). The Balaban J connectivity index is 2.25. The highest BCUT2D eigenvalue weighted by atomic mass is 35.5. The number of carbonyl (C=O) groups is 2. The molecule has 0 radical (unpaired) electrons. The zero-order valence-electron chi connectivity index (χ0n) is 21.2. The molecule has 192 valence electrons. The molecule has 0 heterocycles. The van der Waals surface area contributed by atoms with Crippen LogP contribution in [0.5, 0.6) is 0 Å². The van der Waals surface area contributed by atoms with Crippen molar-refractivity contribution in [2.75, 3.05) is 23.7 Å². The first-order chi connectivity index (χ1) is 16.5. The van der Waals surface area contributed by atoms with E-state index in [1.165, 1.54) is 10.6 Å². The average Bonchev–Trinajstić information content (AvgIpc) is 2.79. The third-order valence-corrected chi connectivity index (χ3v) is 7.58. The maximum absolute atomic E-state index is 13.4. The van der Waals surface area contributed by atoms with Gasteiger partial charge in [-0.15, -0.1) is 0 Å². The average molecular weight is 522 g/mol. The number of nitrogens with one attached hydrogen (secondary N) is 1. The van der Waals surface area contributed by atoms with E-state index in [-0.39, 0.29) is 31.3 Å². The molecular weight excluding hydrogens is 486 g/mol. The van der Waals surface area contributed by atoms with Gasteiger partial charge in [0.05, 0.1) is 11.9 Å². The molecule has 0 unspecified atom stereocenters. The fourth-order valence-electron chi connectivity index (χ4n) is 4.01. The van der Waals surface area contributed by atoms with E-state index in [1.807, 2.05) is 58.0 Å². The number of carbonyl (C=O) groups excluding carboxylic acids is 2. The number of rotatable bonds is 12. The van der Waals surface area contributed by atoms with Gasteiger partial charge in [-0.05, 0) is 62.4 Å². The van der Waals surface area contributed by atoms with E-state index in [2.05, 4.69) is 5.32 Å². The van der Waals surface area contributed by atoms with Gasteiger partial charge in [0.25, 0.3) is 0 Å². The molecule has 0 saturated carbocycles. The Bertz CT molecular complexity index is 1140. The Hall–Kier alpha value is -2.58. The summed E-state index contributed by atoms with van der Waals surface area (Å²) in [6, 6.07) is 12.1. The number of hydrogen-bond acceptors (Lipinski definition) is 4. The van der Waals surface area contributed by atoms with Gasteiger partial charge in [0.1, 0.15) is 6.04 Å². The highest BCUT2D eigenvalue weighted by Gasteiger charge is 2.29. The highest BCUT2D eigenvalue weighted by Crippen LogP contribution is 2.26. The van der Waals surface area contributed by atoms with Crippen LogP contribution >= 0.6 is 11.6 Å². The lowest BCUT2D eigenvalue weighted by atomic mass is 10.1. The molecule has 7 nitrogen and oxygen atoms in total. The van der Waals surface area contributed by atoms with Crippen LogP contribution in [-0.4, -0.2) is 50.5 Å². The van der Waals surface area contributed by atoms with Crippen LogP contribution in [0.15, 0.2) is 42.5 Å². The second kappa shape index (κ2) is 12.9. The van der Waals surface area contributed by atoms with Crippen LogP contribution in [0.25, 0.3) is 0 Å². The lowest BCUT2D eigenvalue weighted by Gasteiger charge is -2.31. The second-order valence-corrected chi connectivity index (χ2v) is 10.9. The number of anilines is 1. The van der Waals surface area contributed by atoms with Crippen molar-refractivity contribution in [1.29, 1.82) is 0 Å². The molecular formula is C26H36ClN3O4S. The van der Waals surface area contributed by atoms with Crippen molar-refractivity contribution < 1.29 is 18.0 Å². The lowest BCUT2D eigenvalue weighted by molar-refractivity contribution is -0.141. The molecule has 35 heavy (non-hydrogen) atoms. The first-order valence-electron chi connectivity index (χ1n) is 11.9. The van der Waals surface area contributed by atoms with Crippen LogP contribution in [0, 0.1) is 13.8 Å². The molecule has 0 fully saturated rings. The first-order valence-corrected chi connectivity index (χ1v) is 14.1. The summed E-state index contributed by atoms with van der Waals surface area (Å²) < 4.78 is 26.5. The topological polar surface area (TPSA) is 86.8 Å². The lowest BCUT2D eigenvalue weighted by Crippen LogP contribution is -2.49. The van der Waals surface area contributed by atoms with Gasteiger partial charge in [-0.25, -0.2) is 8.42 Å². The van der Waals surface area contributed by atoms with Crippen molar-refractivity contribution in [2.45, 2.75) is 59.5 Å². The number of benzene rings is 2. The molecule has 0 aliphatic carbocycles. The largest absolute Gasteiger partial charge is 0.355 e. The SMILES string of the molecule is CCNC(=O)[C@@H](CC)N(Cc1ccccc1Cl)C(=O)CCCN(c1cccc(C)c1C)S(C)(=O)=O. The zero-order valence-corrected chi connectivity index (χ0v) is 22.7. The molecule has 0 aliphatic heterocycles. The third kappa shape index (κ3) is 7.70. The maximum atomic E-state index is 13.4. The van der Waals surface area contributed by atoms with Crippen LogP contribution in [-0.2, 0) is 26.2 Å². The van der Waals surface area contributed by atoms with Gasteiger partial charge in [-0.1, -0.05) is 48.9 Å². The summed E-state index contributed by atoms with van der Waals surface area (Å²) in [5.74, 6) is -0.444. The standard InChI is InChI=1S/C26H36ClN3O4S/c1-6-23(26(32)28-7-2)29(18-21-13-8-9-14-22(21)27)25(31)16-11-17-30(35(5,33)34)24-15-10-12-19(3)20(24)4/h8-10,12-15,23H,6-7,11,16-18H2,1-5H3,(H,28,32)/t23-/m1/s1. The van der Waals surface area contributed by atoms with Crippen LogP contribution in [0.3, 0.4) is 0 Å². The van der Waals surface area contributed by atoms with Gasteiger partial charge in [-0.2, -0.15) is 0 Å². The van der Waals surface area contributed by atoms with E-state index in [4.69, 9.17) is 11.6 Å². The minimum absolute atomic E-state index is 0.0945. The molecule has 9 heteroatoms. The smallest absolute Gasteiger partial charge is 0.242 e. The van der Waals surface area contributed by atoms with Gasteiger partial charge in [-0.3, -0.25) is 13.9 Å². The zero-order chi connectivity index (χ0) is 26.2. The molecule has 0 aliphatic rings. The first kappa shape index (κ1) is 28.7. The maximum Gasteiger partial charge on any atom is 0.242 e. The summed E-state index contributed by atoms with van der Waals surface area (Å²) in [4.78, 5) is 27.7. The van der Waals surface area contributed by atoms with E-state index in [9.17, 15) is 18.0 Å². The molecule has 1 N–H and O–H groups in total. The Morgan fingerprint density at radius 2 is 1.74 bits per heavy atom. The number of aryl methyl sites for hydroxylation is 1. The molecule has 0 aromatic heterocycles. The van der Waals surface area contributed by atoms with Crippen LogP contribution in [0.2, 0.25) is 5.02 Å². The molecule has 2 aromatic rings. The second-order valence-electron chi connectivity index (χ2n) is 8.59. The summed E-state index contributed by atoms with van der Waals surface area (Å²) >= 11 is 6.34. The highest BCUT2D eigenvalue weighted by molar-refractivity contribution is 7.92. The molecule has 2 amide bonds. The van der Waals surface area contributed by atoms with E-state index in [1.54, 1.807) is 17.0 Å². The van der Waals surface area contributed by atoms with E-state index in [0.29, 0.717) is 30.1 Å². The normalized spacial score (nSPS) is 12.2. The summed E-state index contributed by atoms with van der Waals surface area (Å²) in [6.07, 6.45) is 2.02. The molecule has 2 aromatic carbocycles. The number of sulfonamides is 1. The van der Waals surface area contributed by atoms with Crippen molar-refractivity contribution >= 4 is 39.1 Å². The van der Waals surface area contributed by atoms with Gasteiger partial charge in [0, 0.05) is 31.1 Å². The van der Waals surface area contributed by atoms with E-state index in [0.717, 1.165) is 16.7 Å². The predicted octanol–water partition coefficient (Wildman–Crippen LogP) is 4.45. The molecule has 1 atom stereocenters. The minimum Gasteiger partial charge on any atom is -0.355 e. The van der Waals surface area contributed by atoms with E-state index >= 15 is 0 Å². The Kier molecular flexibility index (Phi) is 10.6. The number of likely N-dealkylation sites (N-methyl/N-ethyl adjacent to an activating group) is 1. The Morgan fingerprint density at radius 1 is 1.06 bits per heavy atom. The molecule has 0 saturated heterocycles. The van der Waals surface area contributed by atoms with Gasteiger partial charge in [0.15, 0.2) is 0 Å². The fourth-order valence-corrected chi connectivity index (χ4v) is 5.22. The summed E-state index contributed by atoms with van der Waals surface area (Å²) in [5, 5.41) is 3.33. The van der Waals surface area contributed by atoms with Gasteiger partial charge >= 0.3 is 0 Å². The van der Waals surface area contributed by atoms with Crippen molar-refractivity contribution in [3.8, 4) is 0 Å². The third-order valence-electron chi connectivity index (χ3n) is 6.03. The van der Waals surface area contributed by atoms with Crippen molar-refractivity contribution in [3.05, 3.63) is 64.2 Å². The van der Waals surface area contributed by atoms with Gasteiger partial charge < -0.3 is 10.2 Å². The fraction of sp³-hybridized carbons (Fsp3) is 0.462. The van der Waals surface area contributed by atoms with Gasteiger partial charge in [0.2, 0.25) is 21.8 Å². The van der Waals surface area contributed by atoms with Crippen molar-refractivity contribution in [2.24, 2.45) is 0 Å². The number of hydrogen-bond donors (Lipinski definition) is 1. The number of nitrogens with zero attached hydrogens (tertiary/aromatic N) is 2. The minimum atomic E-state index is -3.54. The summed E-state index contributed by atoms with van der Waals surface area (Å²) in [5.41, 5.74) is 3.23. The molecule has 0 bridgehead atoms. The van der Waals surface area contributed by atoms with Crippen molar-refractivity contribution in [1.82, 2.24) is 10.2 Å². The summed E-state index contributed by atoms with van der Waals surface area (Å²) in [7, 11) is -3.54. The van der Waals surface area contributed by atoms with Crippen LogP contribution in [0.1, 0.15) is 49.8 Å². The van der Waals surface area contributed by atoms with E-state index < -0.39 is 16.1 Å². The quantitative estimate of drug-likeness (QED) is 0.447. The Morgan fingerprint density at radius 3 is 2.34 bits per heavy atom. The Labute approximate surface area is 214 Å². The summed E-state index contributed by atoms with van der Waals surface area (Å²) in [6.45, 7) is 8.33. The molecule has 0 spiro atoms. The van der Waals surface area contributed by atoms with Crippen LogP contribution < -0.4 is 9.62 Å². The number of halogens is 1. The predicted molar refractivity (Wildman–Crippen MR) is 142 cm³/mol. The monoisotopic (exact) mass is 521 g/mol. The van der Waals surface area contributed by atoms with Crippen LogP contribution in [0.4, 0.5) is 5.69 Å². The van der Waals surface area contributed by atoms with Crippen molar-refractivity contribution in [3.63, 3.8) is 0 Å².